The van der Waals surface area contributed by atoms with Crippen molar-refractivity contribution in [1.82, 2.24) is 0 Å². The molecule has 0 amide bonds. The lowest BCUT2D eigenvalue weighted by atomic mass is 9.93. The van der Waals surface area contributed by atoms with E-state index in [1.54, 1.807) is 0 Å². The SMILES string of the molecule is c1ccc(-c2ccc(N(c3ccccc3-c3ccccc3)c3cccc4oc5c(-c6ccc7ccccc7c6)c6ccccc6cc5c34)cc2)cc1. The quantitative estimate of drug-likeness (QED) is 0.176. The first kappa shape index (κ1) is 30.0. The van der Waals surface area contributed by atoms with Gasteiger partial charge in [-0.05, 0) is 86.3 Å². The highest BCUT2D eigenvalue weighted by Crippen LogP contribution is 2.48. The van der Waals surface area contributed by atoms with Crippen LogP contribution < -0.4 is 4.90 Å². The summed E-state index contributed by atoms with van der Waals surface area (Å²) in [6.45, 7) is 0. The van der Waals surface area contributed by atoms with E-state index in [1.165, 1.54) is 32.7 Å². The van der Waals surface area contributed by atoms with E-state index < -0.39 is 0 Å². The van der Waals surface area contributed by atoms with E-state index in [0.717, 1.165) is 61.3 Å². The molecule has 0 aliphatic carbocycles. The van der Waals surface area contributed by atoms with Crippen LogP contribution in [0.4, 0.5) is 17.1 Å². The molecule has 0 saturated heterocycles. The maximum absolute atomic E-state index is 6.99. The summed E-state index contributed by atoms with van der Waals surface area (Å²) >= 11 is 0. The molecule has 0 atom stereocenters. The summed E-state index contributed by atoms with van der Waals surface area (Å²) in [4.78, 5) is 2.40. The van der Waals surface area contributed by atoms with Gasteiger partial charge in [0.1, 0.15) is 11.2 Å². The first-order valence-electron chi connectivity index (χ1n) is 17.8. The highest BCUT2D eigenvalue weighted by Gasteiger charge is 2.24. The number of benzene rings is 9. The number of hydrogen-bond acceptors (Lipinski definition) is 2. The van der Waals surface area contributed by atoms with Crippen molar-refractivity contribution in [2.24, 2.45) is 0 Å². The van der Waals surface area contributed by atoms with Gasteiger partial charge in [0.25, 0.3) is 0 Å². The predicted molar refractivity (Wildman–Crippen MR) is 220 cm³/mol. The van der Waals surface area contributed by atoms with Crippen LogP contribution in [0.15, 0.2) is 205 Å². The van der Waals surface area contributed by atoms with Gasteiger partial charge in [0.2, 0.25) is 0 Å². The van der Waals surface area contributed by atoms with Gasteiger partial charge in [0.15, 0.2) is 0 Å². The van der Waals surface area contributed by atoms with Crippen molar-refractivity contribution < 1.29 is 4.42 Å². The molecule has 1 heterocycles. The van der Waals surface area contributed by atoms with E-state index in [1.807, 2.05) is 0 Å². The number of hydrogen-bond donors (Lipinski definition) is 0. The summed E-state index contributed by atoms with van der Waals surface area (Å²) < 4.78 is 6.99. The maximum Gasteiger partial charge on any atom is 0.143 e. The molecule has 0 radical (unpaired) electrons. The van der Waals surface area contributed by atoms with Crippen LogP contribution in [0.1, 0.15) is 0 Å². The molecule has 0 N–H and O–H groups in total. The van der Waals surface area contributed by atoms with E-state index in [4.69, 9.17) is 4.42 Å². The molecule has 0 aliphatic rings. The van der Waals surface area contributed by atoms with Crippen molar-refractivity contribution in [1.29, 1.82) is 0 Å². The average Bonchev–Trinajstić information content (AvgIpc) is 3.59. The molecule has 9 aromatic carbocycles. The second-order valence-corrected chi connectivity index (χ2v) is 13.3. The molecule has 244 valence electrons. The molecule has 0 fully saturated rings. The molecule has 0 bridgehead atoms. The summed E-state index contributed by atoms with van der Waals surface area (Å²) in [7, 11) is 0. The van der Waals surface area contributed by atoms with Crippen LogP contribution in [0.5, 0.6) is 0 Å². The highest BCUT2D eigenvalue weighted by molar-refractivity contribution is 6.22. The lowest BCUT2D eigenvalue weighted by Crippen LogP contribution is -2.11. The van der Waals surface area contributed by atoms with Crippen molar-refractivity contribution in [2.75, 3.05) is 4.90 Å². The molecule has 0 spiro atoms. The number of nitrogens with zero attached hydrogens (tertiary/aromatic N) is 1. The van der Waals surface area contributed by atoms with Gasteiger partial charge in [-0.2, -0.15) is 0 Å². The molecule has 52 heavy (non-hydrogen) atoms. The van der Waals surface area contributed by atoms with Gasteiger partial charge in [-0.1, -0.05) is 158 Å². The van der Waals surface area contributed by atoms with E-state index in [-0.39, 0.29) is 0 Å². The first-order valence-corrected chi connectivity index (χ1v) is 17.8. The third kappa shape index (κ3) is 5.04. The Morgan fingerprint density at radius 3 is 1.79 bits per heavy atom. The Labute approximate surface area is 302 Å². The van der Waals surface area contributed by atoms with E-state index in [9.17, 15) is 0 Å². The average molecular weight is 664 g/mol. The fraction of sp³-hybridized carbons (Fsp3) is 0. The fourth-order valence-electron chi connectivity index (χ4n) is 7.80. The largest absolute Gasteiger partial charge is 0.455 e. The second-order valence-electron chi connectivity index (χ2n) is 13.3. The topological polar surface area (TPSA) is 16.4 Å². The summed E-state index contributed by atoms with van der Waals surface area (Å²) in [5, 5.41) is 6.96. The monoisotopic (exact) mass is 663 g/mol. The van der Waals surface area contributed by atoms with Crippen LogP contribution in [-0.4, -0.2) is 0 Å². The molecular weight excluding hydrogens is 631 g/mol. The number of para-hydroxylation sites is 1. The molecule has 10 rings (SSSR count). The van der Waals surface area contributed by atoms with Crippen molar-refractivity contribution >= 4 is 60.5 Å². The summed E-state index contributed by atoms with van der Waals surface area (Å²) in [5.41, 5.74) is 11.9. The molecular formula is C50H33NO. The number of furan rings is 1. The zero-order chi connectivity index (χ0) is 34.4. The Balaban J connectivity index is 1.26. The summed E-state index contributed by atoms with van der Waals surface area (Å²) in [6.07, 6.45) is 0. The van der Waals surface area contributed by atoms with Gasteiger partial charge < -0.3 is 9.32 Å². The van der Waals surface area contributed by atoms with Crippen LogP contribution in [0.2, 0.25) is 0 Å². The summed E-state index contributed by atoms with van der Waals surface area (Å²) in [5.74, 6) is 0. The van der Waals surface area contributed by atoms with Gasteiger partial charge in [-0.3, -0.25) is 0 Å². The van der Waals surface area contributed by atoms with Gasteiger partial charge >= 0.3 is 0 Å². The van der Waals surface area contributed by atoms with Crippen LogP contribution in [0.3, 0.4) is 0 Å². The molecule has 1 aromatic heterocycles. The van der Waals surface area contributed by atoms with Crippen molar-refractivity contribution in [3.8, 4) is 33.4 Å². The summed E-state index contributed by atoms with van der Waals surface area (Å²) in [6, 6.07) is 71.6. The van der Waals surface area contributed by atoms with Crippen molar-refractivity contribution in [3.63, 3.8) is 0 Å². The van der Waals surface area contributed by atoms with Gasteiger partial charge in [0.05, 0.1) is 16.8 Å². The lowest BCUT2D eigenvalue weighted by Gasteiger charge is -2.28. The van der Waals surface area contributed by atoms with E-state index in [0.29, 0.717) is 0 Å². The Morgan fingerprint density at radius 2 is 0.981 bits per heavy atom. The lowest BCUT2D eigenvalue weighted by molar-refractivity contribution is 0.670. The zero-order valence-corrected chi connectivity index (χ0v) is 28.4. The van der Waals surface area contributed by atoms with Crippen LogP contribution in [0.25, 0.3) is 76.9 Å². The second kappa shape index (κ2) is 12.5. The van der Waals surface area contributed by atoms with E-state index >= 15 is 0 Å². The van der Waals surface area contributed by atoms with Gasteiger partial charge in [0, 0.05) is 22.2 Å². The maximum atomic E-state index is 6.99. The number of anilines is 3. The Bertz CT molecular complexity index is 2890. The minimum atomic E-state index is 0.855. The minimum absolute atomic E-state index is 0.855. The van der Waals surface area contributed by atoms with Crippen molar-refractivity contribution in [3.05, 3.63) is 200 Å². The molecule has 10 aromatic rings. The van der Waals surface area contributed by atoms with E-state index in [2.05, 4.69) is 205 Å². The molecule has 0 saturated carbocycles. The fourth-order valence-corrected chi connectivity index (χ4v) is 7.80. The standard InChI is InChI=1S/C50H33NO/c1-3-14-34(15-4-1)36-28-30-41(31-29-36)51(45-23-12-11-21-42(45)37-17-5-2-6-18-37)46-24-13-25-47-49(46)44-33-39-20-9-10-22-43(39)48(50(44)52-47)40-27-26-35-16-7-8-19-38(35)32-40/h1-33H. The molecule has 2 heteroatoms. The molecule has 0 unspecified atom stereocenters. The third-order valence-electron chi connectivity index (χ3n) is 10.2. The normalized spacial score (nSPS) is 11.5. The Hall–Kier alpha value is -6.90. The Kier molecular flexibility index (Phi) is 7.18. The third-order valence-corrected chi connectivity index (χ3v) is 10.2. The molecule has 2 nitrogen and oxygen atoms in total. The van der Waals surface area contributed by atoms with Crippen LogP contribution in [0, 0.1) is 0 Å². The zero-order valence-electron chi connectivity index (χ0n) is 28.4. The highest BCUT2D eigenvalue weighted by atomic mass is 16.3. The minimum Gasteiger partial charge on any atom is -0.455 e. The van der Waals surface area contributed by atoms with Gasteiger partial charge in [-0.25, -0.2) is 0 Å². The van der Waals surface area contributed by atoms with Crippen LogP contribution >= 0.6 is 0 Å². The van der Waals surface area contributed by atoms with Crippen molar-refractivity contribution in [2.45, 2.75) is 0 Å². The predicted octanol–water partition coefficient (Wildman–Crippen LogP) is 14.4. The van der Waals surface area contributed by atoms with Crippen LogP contribution in [-0.2, 0) is 0 Å². The first-order chi connectivity index (χ1) is 25.8. The van der Waals surface area contributed by atoms with Gasteiger partial charge in [-0.15, -0.1) is 0 Å². The number of fused-ring (bicyclic) bond motifs is 5. The number of rotatable bonds is 6. The smallest absolute Gasteiger partial charge is 0.143 e. The molecule has 0 aliphatic heterocycles. The Morgan fingerprint density at radius 1 is 0.365 bits per heavy atom.